The van der Waals surface area contributed by atoms with Gasteiger partial charge in [-0.05, 0) is 81.3 Å². The average Bonchev–Trinajstić information content (AvgIpc) is 3.39. The number of benzene rings is 1. The van der Waals surface area contributed by atoms with Gasteiger partial charge >= 0.3 is 0 Å². The Morgan fingerprint density at radius 2 is 1.84 bits per heavy atom. The molecule has 1 aromatic carbocycles. The van der Waals surface area contributed by atoms with Gasteiger partial charge in [-0.3, -0.25) is 19.4 Å². The van der Waals surface area contributed by atoms with Gasteiger partial charge in [-0.15, -0.1) is 0 Å². The molecule has 9 nitrogen and oxygen atoms in total. The number of nitrogens with zero attached hydrogens (tertiary/aromatic N) is 2. The minimum absolute atomic E-state index is 0.0657. The Balaban J connectivity index is 1.50. The molecule has 2 aliphatic rings. The number of methoxy groups -OCH3 is 1. The largest absolute Gasteiger partial charge is 0.496 e. The van der Waals surface area contributed by atoms with Crippen molar-refractivity contribution < 1.29 is 19.1 Å². The van der Waals surface area contributed by atoms with Crippen LogP contribution in [0.4, 0.5) is 0 Å². The average molecular weight is 522 g/mol. The van der Waals surface area contributed by atoms with Crippen LogP contribution in [0.15, 0.2) is 48.8 Å². The molecule has 4 N–H and O–H groups in total. The number of hydrogen-bond acceptors (Lipinski definition) is 7. The Hall–Kier alpha value is -3.30. The molecule has 2 fully saturated rings. The van der Waals surface area contributed by atoms with Crippen LogP contribution in [0, 0.1) is 11.8 Å². The summed E-state index contributed by atoms with van der Waals surface area (Å²) in [7, 11) is 1.58. The summed E-state index contributed by atoms with van der Waals surface area (Å²) in [4.78, 5) is 45.4. The van der Waals surface area contributed by atoms with Crippen molar-refractivity contribution in [3.63, 3.8) is 0 Å². The molecular formula is C29H39N5O4. The molecule has 4 rings (SSSR count). The lowest BCUT2D eigenvalue weighted by Crippen LogP contribution is -2.51. The van der Waals surface area contributed by atoms with Crippen LogP contribution in [-0.2, 0) is 20.8 Å². The van der Waals surface area contributed by atoms with Crippen molar-refractivity contribution in [2.45, 2.75) is 57.2 Å². The lowest BCUT2D eigenvalue weighted by atomic mass is 9.83. The van der Waals surface area contributed by atoms with E-state index in [1.165, 1.54) is 6.92 Å². The Kier molecular flexibility index (Phi) is 9.47. The molecule has 0 spiro atoms. The van der Waals surface area contributed by atoms with Crippen LogP contribution in [0.3, 0.4) is 0 Å². The van der Waals surface area contributed by atoms with E-state index in [9.17, 15) is 14.4 Å². The van der Waals surface area contributed by atoms with E-state index in [1.807, 2.05) is 36.4 Å². The first-order valence-electron chi connectivity index (χ1n) is 13.5. The minimum atomic E-state index is -0.671. The standard InChI is InChI=1S/C29H39N5O4/c1-19(35)25(15-20-7-11-31-12-8-20)33-29(37)26-16-22(21-9-13-32-14-10-21)18-34(26)28(36)17-24(30)23-5-3-4-6-27(23)38-2/h3-8,11-12,21-22,24-26,32H,9-10,13-18,30H2,1-2H3,(H,33,37)/t22?,24?,25-,26-/m0/s1. The molecule has 9 heteroatoms. The lowest BCUT2D eigenvalue weighted by Gasteiger charge is -2.28. The van der Waals surface area contributed by atoms with Crippen LogP contribution in [0.2, 0.25) is 0 Å². The molecule has 4 atom stereocenters. The van der Waals surface area contributed by atoms with E-state index in [2.05, 4.69) is 15.6 Å². The van der Waals surface area contributed by atoms with Crippen LogP contribution < -0.4 is 21.1 Å². The van der Waals surface area contributed by atoms with E-state index in [0.717, 1.165) is 37.1 Å². The predicted octanol–water partition coefficient (Wildman–Crippen LogP) is 2.01. The van der Waals surface area contributed by atoms with Gasteiger partial charge in [0, 0.05) is 37.0 Å². The van der Waals surface area contributed by atoms with Gasteiger partial charge in [-0.25, -0.2) is 0 Å². The van der Waals surface area contributed by atoms with Crippen molar-refractivity contribution in [3.05, 3.63) is 59.9 Å². The van der Waals surface area contributed by atoms with E-state index in [1.54, 1.807) is 24.4 Å². The number of para-hydroxylation sites is 1. The quantitative estimate of drug-likeness (QED) is 0.437. The van der Waals surface area contributed by atoms with Gasteiger partial charge in [0.15, 0.2) is 5.78 Å². The number of carbonyl (C=O) groups is 3. The van der Waals surface area contributed by atoms with Crippen LogP contribution in [0.5, 0.6) is 5.75 Å². The minimum Gasteiger partial charge on any atom is -0.496 e. The predicted molar refractivity (Wildman–Crippen MR) is 144 cm³/mol. The van der Waals surface area contributed by atoms with Gasteiger partial charge in [0.25, 0.3) is 0 Å². The molecule has 1 aromatic heterocycles. The molecule has 0 aliphatic carbocycles. The summed E-state index contributed by atoms with van der Waals surface area (Å²) in [6, 6.07) is 9.22. The van der Waals surface area contributed by atoms with Gasteiger partial charge in [-0.2, -0.15) is 0 Å². The summed E-state index contributed by atoms with van der Waals surface area (Å²) < 4.78 is 5.43. The fraction of sp³-hybridized carbons (Fsp3) is 0.517. The van der Waals surface area contributed by atoms with Crippen molar-refractivity contribution in [2.24, 2.45) is 17.6 Å². The van der Waals surface area contributed by atoms with Gasteiger partial charge in [0.2, 0.25) is 11.8 Å². The van der Waals surface area contributed by atoms with Gasteiger partial charge in [0.05, 0.1) is 13.2 Å². The van der Waals surface area contributed by atoms with E-state index in [-0.39, 0.29) is 29.9 Å². The number of rotatable bonds is 10. The zero-order valence-corrected chi connectivity index (χ0v) is 22.3. The summed E-state index contributed by atoms with van der Waals surface area (Å²) in [6.45, 7) is 3.90. The number of piperidine rings is 1. The molecular weight excluding hydrogens is 482 g/mol. The van der Waals surface area contributed by atoms with Crippen molar-refractivity contribution in [2.75, 3.05) is 26.7 Å². The van der Waals surface area contributed by atoms with Crippen molar-refractivity contribution in [1.29, 1.82) is 0 Å². The van der Waals surface area contributed by atoms with Gasteiger partial charge in [-0.1, -0.05) is 18.2 Å². The third kappa shape index (κ3) is 6.76. The Labute approximate surface area is 224 Å². The molecule has 38 heavy (non-hydrogen) atoms. The fourth-order valence-electron chi connectivity index (χ4n) is 5.76. The number of ether oxygens (including phenoxy) is 1. The van der Waals surface area contributed by atoms with Crippen LogP contribution in [0.1, 0.15) is 49.8 Å². The molecule has 0 bridgehead atoms. The monoisotopic (exact) mass is 521 g/mol. The Morgan fingerprint density at radius 3 is 2.53 bits per heavy atom. The maximum absolute atomic E-state index is 13.6. The Bertz CT molecular complexity index is 1110. The maximum atomic E-state index is 13.6. The highest BCUT2D eigenvalue weighted by Crippen LogP contribution is 2.35. The van der Waals surface area contributed by atoms with E-state index in [0.29, 0.717) is 31.1 Å². The number of carbonyl (C=O) groups excluding carboxylic acids is 3. The molecule has 2 aromatic rings. The topological polar surface area (TPSA) is 127 Å². The maximum Gasteiger partial charge on any atom is 0.243 e. The number of likely N-dealkylation sites (tertiary alicyclic amines) is 1. The van der Waals surface area contributed by atoms with Crippen LogP contribution in [-0.4, -0.2) is 66.3 Å². The number of ketones is 1. The molecule has 0 saturated carbocycles. The highest BCUT2D eigenvalue weighted by Gasteiger charge is 2.43. The van der Waals surface area contributed by atoms with Crippen LogP contribution >= 0.6 is 0 Å². The van der Waals surface area contributed by atoms with Gasteiger partial charge in [0.1, 0.15) is 11.8 Å². The molecule has 2 aliphatic heterocycles. The number of hydrogen-bond donors (Lipinski definition) is 3. The highest BCUT2D eigenvalue weighted by molar-refractivity contribution is 5.92. The number of nitrogens with two attached hydrogens (primary N) is 1. The third-order valence-electron chi connectivity index (χ3n) is 7.94. The SMILES string of the molecule is COc1ccccc1C(N)CC(=O)N1CC(C2CCNCC2)C[C@H]1C(=O)N[C@@H](Cc1ccncc1)C(C)=O. The molecule has 2 amide bonds. The molecule has 204 valence electrons. The lowest BCUT2D eigenvalue weighted by molar-refractivity contribution is -0.139. The zero-order valence-electron chi connectivity index (χ0n) is 22.3. The van der Waals surface area contributed by atoms with Crippen LogP contribution in [0.25, 0.3) is 0 Å². The molecule has 2 saturated heterocycles. The van der Waals surface area contributed by atoms with E-state index < -0.39 is 18.1 Å². The number of amides is 2. The first kappa shape index (κ1) is 27.7. The fourth-order valence-corrected chi connectivity index (χ4v) is 5.76. The number of pyridine rings is 1. The molecule has 0 radical (unpaired) electrons. The second kappa shape index (κ2) is 13.0. The Morgan fingerprint density at radius 1 is 1.13 bits per heavy atom. The first-order valence-corrected chi connectivity index (χ1v) is 13.5. The highest BCUT2D eigenvalue weighted by atomic mass is 16.5. The molecule has 2 unspecified atom stereocenters. The first-order chi connectivity index (χ1) is 18.4. The van der Waals surface area contributed by atoms with E-state index in [4.69, 9.17) is 10.5 Å². The normalized spacial score (nSPS) is 21.5. The van der Waals surface area contributed by atoms with Crippen molar-refractivity contribution in [3.8, 4) is 5.75 Å². The number of aromatic nitrogens is 1. The zero-order chi connectivity index (χ0) is 27.1. The summed E-state index contributed by atoms with van der Waals surface area (Å²) in [6.07, 6.45) is 6.42. The number of nitrogens with one attached hydrogen (secondary N) is 2. The van der Waals surface area contributed by atoms with Gasteiger partial charge < -0.3 is 26.0 Å². The second-order valence-corrected chi connectivity index (χ2v) is 10.4. The summed E-state index contributed by atoms with van der Waals surface area (Å²) in [5.74, 6) is 0.752. The second-order valence-electron chi connectivity index (χ2n) is 10.4. The summed E-state index contributed by atoms with van der Waals surface area (Å²) in [5, 5.41) is 6.34. The van der Waals surface area contributed by atoms with E-state index >= 15 is 0 Å². The summed E-state index contributed by atoms with van der Waals surface area (Å²) in [5.41, 5.74) is 8.13. The third-order valence-corrected chi connectivity index (χ3v) is 7.94. The smallest absolute Gasteiger partial charge is 0.243 e. The van der Waals surface area contributed by atoms with Crippen molar-refractivity contribution in [1.82, 2.24) is 20.5 Å². The number of Topliss-reactive ketones (excluding diaryl/α,β-unsaturated/α-hetero) is 1. The molecule has 3 heterocycles. The summed E-state index contributed by atoms with van der Waals surface area (Å²) >= 11 is 0. The van der Waals surface area contributed by atoms with Crippen molar-refractivity contribution >= 4 is 17.6 Å².